The lowest BCUT2D eigenvalue weighted by Crippen LogP contribution is -2.39. The molecule has 0 saturated heterocycles. The Morgan fingerprint density at radius 2 is 1.88 bits per heavy atom. The van der Waals surface area contributed by atoms with Crippen LogP contribution < -0.4 is 19.6 Å². The summed E-state index contributed by atoms with van der Waals surface area (Å²) in [5.74, 6) is -0.436. The third-order valence-corrected chi connectivity index (χ3v) is 7.73. The molecule has 1 atom stereocenters. The number of hydrogen-bond donors (Lipinski definition) is 0. The van der Waals surface area contributed by atoms with E-state index in [1.54, 1.807) is 56.3 Å². The molecule has 204 valence electrons. The largest absolute Gasteiger partial charge is 0.488 e. The fourth-order valence-electron chi connectivity index (χ4n) is 4.53. The van der Waals surface area contributed by atoms with Gasteiger partial charge in [0.25, 0.3) is 5.56 Å². The van der Waals surface area contributed by atoms with Crippen LogP contribution in [-0.4, -0.2) is 17.1 Å². The van der Waals surface area contributed by atoms with E-state index in [1.807, 2.05) is 31.2 Å². The van der Waals surface area contributed by atoms with Crippen LogP contribution in [0.1, 0.15) is 42.1 Å². The van der Waals surface area contributed by atoms with Crippen LogP contribution in [-0.2, 0) is 16.1 Å². The number of allylic oxidation sites excluding steroid dienone is 1. The van der Waals surface area contributed by atoms with E-state index in [2.05, 4.69) is 4.99 Å². The SMILES string of the molecule is CCOC(=O)C1=C(C)N=c2s/c(=C\c3cc(Cl)ccc3OCc3ccccc3F)c(=O)n2[C@@H]1c1ccc(C)cc1. The van der Waals surface area contributed by atoms with Crippen molar-refractivity contribution in [2.45, 2.75) is 33.4 Å². The third kappa shape index (κ3) is 5.50. The smallest absolute Gasteiger partial charge is 0.338 e. The second kappa shape index (κ2) is 11.6. The number of benzene rings is 3. The Morgan fingerprint density at radius 3 is 2.60 bits per heavy atom. The molecule has 0 spiro atoms. The van der Waals surface area contributed by atoms with E-state index in [0.29, 0.717) is 42.5 Å². The number of aryl methyl sites for hydroxylation is 1. The molecule has 1 aromatic heterocycles. The van der Waals surface area contributed by atoms with Gasteiger partial charge in [-0.25, -0.2) is 14.2 Å². The molecule has 40 heavy (non-hydrogen) atoms. The van der Waals surface area contributed by atoms with Crippen molar-refractivity contribution in [1.29, 1.82) is 0 Å². The predicted octanol–water partition coefficient (Wildman–Crippen LogP) is 5.48. The normalized spacial score (nSPS) is 15.0. The van der Waals surface area contributed by atoms with E-state index in [1.165, 1.54) is 22.0 Å². The molecule has 0 fully saturated rings. The molecule has 0 radical (unpaired) electrons. The molecular formula is C31H26ClFN2O4S. The summed E-state index contributed by atoms with van der Waals surface area (Å²) in [6, 6.07) is 18.4. The molecule has 6 nitrogen and oxygen atoms in total. The van der Waals surface area contributed by atoms with Crippen molar-refractivity contribution in [2.24, 2.45) is 4.99 Å². The minimum Gasteiger partial charge on any atom is -0.488 e. The first-order valence-corrected chi connectivity index (χ1v) is 13.9. The van der Waals surface area contributed by atoms with Crippen LogP contribution in [0.15, 0.2) is 87.8 Å². The van der Waals surface area contributed by atoms with Gasteiger partial charge in [0.1, 0.15) is 18.2 Å². The summed E-state index contributed by atoms with van der Waals surface area (Å²) in [7, 11) is 0. The van der Waals surface area contributed by atoms with Gasteiger partial charge in [-0.05, 0) is 56.7 Å². The van der Waals surface area contributed by atoms with Crippen LogP contribution in [0.25, 0.3) is 6.08 Å². The number of hydrogen-bond acceptors (Lipinski definition) is 6. The zero-order chi connectivity index (χ0) is 28.4. The second-order valence-electron chi connectivity index (χ2n) is 9.28. The Hall–Kier alpha value is -4.01. The summed E-state index contributed by atoms with van der Waals surface area (Å²) in [6.45, 7) is 5.66. The number of esters is 1. The number of fused-ring (bicyclic) bond motifs is 1. The van der Waals surface area contributed by atoms with Crippen molar-refractivity contribution >= 4 is 35.0 Å². The predicted molar refractivity (Wildman–Crippen MR) is 154 cm³/mol. The number of ether oxygens (including phenoxy) is 2. The van der Waals surface area contributed by atoms with Crippen molar-refractivity contribution < 1.29 is 18.7 Å². The minimum absolute atomic E-state index is 0.00587. The molecule has 5 rings (SSSR count). The summed E-state index contributed by atoms with van der Waals surface area (Å²) in [5.41, 5.74) is 3.29. The number of aromatic nitrogens is 1. The van der Waals surface area contributed by atoms with E-state index in [-0.39, 0.29) is 24.6 Å². The van der Waals surface area contributed by atoms with Crippen molar-refractivity contribution in [3.63, 3.8) is 0 Å². The van der Waals surface area contributed by atoms with Crippen LogP contribution in [0.5, 0.6) is 5.75 Å². The lowest BCUT2D eigenvalue weighted by molar-refractivity contribution is -0.139. The van der Waals surface area contributed by atoms with Crippen molar-refractivity contribution in [1.82, 2.24) is 4.57 Å². The zero-order valence-corrected chi connectivity index (χ0v) is 23.7. The minimum atomic E-state index is -0.700. The van der Waals surface area contributed by atoms with Gasteiger partial charge < -0.3 is 9.47 Å². The molecule has 0 aliphatic carbocycles. The van der Waals surface area contributed by atoms with Crippen LogP contribution in [0.2, 0.25) is 5.02 Å². The Labute approximate surface area is 239 Å². The molecule has 1 aliphatic heterocycles. The molecule has 4 aromatic rings. The maximum Gasteiger partial charge on any atom is 0.338 e. The Bertz CT molecular complexity index is 1810. The van der Waals surface area contributed by atoms with Crippen molar-refractivity contribution in [2.75, 3.05) is 6.61 Å². The highest BCUT2D eigenvalue weighted by Crippen LogP contribution is 2.31. The van der Waals surface area contributed by atoms with Gasteiger partial charge in [-0.3, -0.25) is 9.36 Å². The van der Waals surface area contributed by atoms with Gasteiger partial charge in [-0.15, -0.1) is 0 Å². The van der Waals surface area contributed by atoms with Gasteiger partial charge in [-0.2, -0.15) is 0 Å². The van der Waals surface area contributed by atoms with Gasteiger partial charge in [0, 0.05) is 16.1 Å². The molecule has 0 saturated carbocycles. The lowest BCUT2D eigenvalue weighted by Gasteiger charge is -2.24. The molecule has 1 aliphatic rings. The third-order valence-electron chi connectivity index (χ3n) is 6.51. The molecule has 2 heterocycles. The van der Waals surface area contributed by atoms with E-state index in [0.717, 1.165) is 11.1 Å². The van der Waals surface area contributed by atoms with Gasteiger partial charge in [0.15, 0.2) is 4.80 Å². The Kier molecular flexibility index (Phi) is 8.00. The molecule has 0 bridgehead atoms. The first-order valence-electron chi connectivity index (χ1n) is 12.7. The number of nitrogens with zero attached hydrogens (tertiary/aromatic N) is 2. The number of halogens is 2. The first kappa shape index (κ1) is 27.6. The second-order valence-corrected chi connectivity index (χ2v) is 10.7. The first-order chi connectivity index (χ1) is 19.3. The van der Waals surface area contributed by atoms with E-state index >= 15 is 0 Å². The summed E-state index contributed by atoms with van der Waals surface area (Å²) in [5, 5.41) is 0.454. The van der Waals surface area contributed by atoms with Gasteiger partial charge >= 0.3 is 5.97 Å². The Morgan fingerprint density at radius 1 is 1.12 bits per heavy atom. The van der Waals surface area contributed by atoms with Crippen LogP contribution in [0.4, 0.5) is 4.39 Å². The average molecular weight is 577 g/mol. The van der Waals surface area contributed by atoms with E-state index in [9.17, 15) is 14.0 Å². The molecule has 0 amide bonds. The topological polar surface area (TPSA) is 69.9 Å². The van der Waals surface area contributed by atoms with Gasteiger partial charge in [0.05, 0.1) is 28.5 Å². The Balaban J connectivity index is 1.62. The van der Waals surface area contributed by atoms with Crippen LogP contribution in [0, 0.1) is 12.7 Å². The van der Waals surface area contributed by atoms with Gasteiger partial charge in [0.2, 0.25) is 0 Å². The molecule has 0 unspecified atom stereocenters. The van der Waals surface area contributed by atoms with Crippen LogP contribution in [0.3, 0.4) is 0 Å². The number of carbonyl (C=O) groups excluding carboxylic acids is 1. The number of carbonyl (C=O) groups is 1. The molecular weight excluding hydrogens is 551 g/mol. The van der Waals surface area contributed by atoms with E-state index in [4.69, 9.17) is 21.1 Å². The number of thiazole rings is 1. The highest BCUT2D eigenvalue weighted by atomic mass is 35.5. The standard InChI is InChI=1S/C31H26ClFN2O4S/c1-4-38-30(37)27-19(3)34-31-35(28(27)20-11-9-18(2)10-12-20)29(36)26(40-31)16-22-15-23(32)13-14-25(22)39-17-21-7-5-6-8-24(21)33/h5-16,28H,4,17H2,1-3H3/b26-16-/t28-/m1/s1. The number of rotatable bonds is 7. The maximum absolute atomic E-state index is 14.2. The fraction of sp³-hybridized carbons (Fsp3) is 0.194. The molecule has 3 aromatic carbocycles. The molecule has 9 heteroatoms. The summed E-state index contributed by atoms with van der Waals surface area (Å²) >= 11 is 7.50. The quantitative estimate of drug-likeness (QED) is 0.273. The monoisotopic (exact) mass is 576 g/mol. The zero-order valence-electron chi connectivity index (χ0n) is 22.1. The summed E-state index contributed by atoms with van der Waals surface area (Å²) < 4.78 is 27.4. The van der Waals surface area contributed by atoms with Crippen molar-refractivity contribution in [3.8, 4) is 5.75 Å². The fourth-order valence-corrected chi connectivity index (χ4v) is 5.75. The lowest BCUT2D eigenvalue weighted by atomic mass is 9.95. The highest BCUT2D eigenvalue weighted by Gasteiger charge is 2.33. The maximum atomic E-state index is 14.2. The van der Waals surface area contributed by atoms with Crippen molar-refractivity contribution in [3.05, 3.63) is 131 Å². The van der Waals surface area contributed by atoms with E-state index < -0.39 is 12.0 Å². The summed E-state index contributed by atoms with van der Waals surface area (Å²) in [4.78, 5) is 32.0. The molecule has 0 N–H and O–H groups in total. The average Bonchev–Trinajstić information content (AvgIpc) is 3.23. The highest BCUT2D eigenvalue weighted by molar-refractivity contribution is 7.07. The summed E-state index contributed by atoms with van der Waals surface area (Å²) in [6.07, 6.45) is 1.68. The van der Waals surface area contributed by atoms with Crippen LogP contribution >= 0.6 is 22.9 Å². The van der Waals surface area contributed by atoms with Gasteiger partial charge in [-0.1, -0.05) is 71.0 Å².